The van der Waals surface area contributed by atoms with E-state index < -0.39 is 11.2 Å². The summed E-state index contributed by atoms with van der Waals surface area (Å²) in [6, 6.07) is 1.34. The molecule has 5 nitrogen and oxygen atoms in total. The van der Waals surface area contributed by atoms with Crippen molar-refractivity contribution in [1.82, 2.24) is 9.78 Å². The second-order valence-electron chi connectivity index (χ2n) is 3.76. The van der Waals surface area contributed by atoms with Crippen molar-refractivity contribution in [3.05, 3.63) is 17.5 Å². The van der Waals surface area contributed by atoms with E-state index in [2.05, 4.69) is 9.84 Å². The number of methoxy groups -OCH3 is 1. The van der Waals surface area contributed by atoms with E-state index in [9.17, 15) is 9.59 Å². The molecule has 6 heteroatoms. The van der Waals surface area contributed by atoms with E-state index in [0.29, 0.717) is 12.5 Å². The summed E-state index contributed by atoms with van der Waals surface area (Å²) in [5.41, 5.74) is 0.294. The Morgan fingerprint density at radius 2 is 2.19 bits per heavy atom. The summed E-state index contributed by atoms with van der Waals surface area (Å²) in [6.07, 6.45) is 0. The maximum atomic E-state index is 11.2. The lowest BCUT2D eigenvalue weighted by molar-refractivity contribution is 0.0592. The van der Waals surface area contributed by atoms with Gasteiger partial charge in [-0.05, 0) is 17.5 Å². The van der Waals surface area contributed by atoms with Crippen molar-refractivity contribution in [3.8, 4) is 0 Å². The van der Waals surface area contributed by atoms with Crippen LogP contribution in [0.1, 0.15) is 34.8 Å². The van der Waals surface area contributed by atoms with Crippen LogP contribution >= 0.6 is 11.6 Å². The predicted molar refractivity (Wildman–Crippen MR) is 58.6 cm³/mol. The first-order valence-electron chi connectivity index (χ1n) is 4.81. The van der Waals surface area contributed by atoms with Crippen molar-refractivity contribution in [1.29, 1.82) is 0 Å². The maximum absolute atomic E-state index is 11.2. The molecule has 0 unspecified atom stereocenters. The first-order valence-corrected chi connectivity index (χ1v) is 5.19. The van der Waals surface area contributed by atoms with Gasteiger partial charge in [-0.15, -0.1) is 0 Å². The number of ether oxygens (including phenoxy) is 1. The van der Waals surface area contributed by atoms with Gasteiger partial charge in [0, 0.05) is 12.6 Å². The SMILES string of the molecule is COC(=O)c1cc(C(=O)Cl)n(CC(C)C)n1. The molecule has 0 aliphatic carbocycles. The van der Waals surface area contributed by atoms with Crippen molar-refractivity contribution in [3.63, 3.8) is 0 Å². The molecule has 1 rings (SSSR count). The zero-order valence-corrected chi connectivity index (χ0v) is 10.1. The third-order valence-corrected chi connectivity index (χ3v) is 2.11. The molecule has 0 bridgehead atoms. The van der Waals surface area contributed by atoms with Crippen molar-refractivity contribution in [2.75, 3.05) is 7.11 Å². The van der Waals surface area contributed by atoms with Crippen molar-refractivity contribution in [2.24, 2.45) is 5.92 Å². The lowest BCUT2D eigenvalue weighted by atomic mass is 10.2. The summed E-state index contributed by atoms with van der Waals surface area (Å²) in [5, 5.41) is 3.34. The molecule has 16 heavy (non-hydrogen) atoms. The van der Waals surface area contributed by atoms with Gasteiger partial charge in [-0.25, -0.2) is 4.79 Å². The average Bonchev–Trinajstić information content (AvgIpc) is 2.59. The molecule has 0 fully saturated rings. The van der Waals surface area contributed by atoms with E-state index >= 15 is 0 Å². The van der Waals surface area contributed by atoms with Crippen molar-refractivity contribution in [2.45, 2.75) is 20.4 Å². The summed E-state index contributed by atoms with van der Waals surface area (Å²) in [4.78, 5) is 22.4. The van der Waals surface area contributed by atoms with Crippen LogP contribution in [0.5, 0.6) is 0 Å². The lowest BCUT2D eigenvalue weighted by Gasteiger charge is -2.06. The maximum Gasteiger partial charge on any atom is 0.358 e. The Morgan fingerprint density at radius 1 is 1.56 bits per heavy atom. The minimum absolute atomic E-state index is 0.0900. The molecule has 0 radical (unpaired) electrons. The Labute approximate surface area is 98.3 Å². The van der Waals surface area contributed by atoms with Gasteiger partial charge in [-0.1, -0.05) is 13.8 Å². The molecule has 1 aromatic heterocycles. The molecule has 0 saturated heterocycles. The number of esters is 1. The second kappa shape index (κ2) is 5.12. The smallest absolute Gasteiger partial charge is 0.358 e. The number of aromatic nitrogens is 2. The summed E-state index contributed by atoms with van der Waals surface area (Å²) < 4.78 is 5.94. The van der Waals surface area contributed by atoms with Gasteiger partial charge in [0.25, 0.3) is 5.24 Å². The number of nitrogens with zero attached hydrogens (tertiary/aromatic N) is 2. The van der Waals surface area contributed by atoms with Gasteiger partial charge in [0.15, 0.2) is 5.69 Å². The molecule has 1 heterocycles. The zero-order valence-electron chi connectivity index (χ0n) is 9.36. The second-order valence-corrected chi connectivity index (χ2v) is 4.10. The first kappa shape index (κ1) is 12.7. The fraction of sp³-hybridized carbons (Fsp3) is 0.500. The number of hydrogen-bond donors (Lipinski definition) is 0. The third kappa shape index (κ3) is 2.82. The van der Waals surface area contributed by atoms with Crippen LogP contribution in [0, 0.1) is 5.92 Å². The van der Waals surface area contributed by atoms with E-state index in [1.165, 1.54) is 17.9 Å². The summed E-state index contributed by atoms with van der Waals surface area (Å²) >= 11 is 5.40. The molecular weight excluding hydrogens is 232 g/mol. The number of hydrogen-bond acceptors (Lipinski definition) is 4. The van der Waals surface area contributed by atoms with E-state index in [4.69, 9.17) is 11.6 Å². The quantitative estimate of drug-likeness (QED) is 0.598. The van der Waals surface area contributed by atoms with Crippen LogP contribution in [-0.2, 0) is 11.3 Å². The molecule has 0 atom stereocenters. The highest BCUT2D eigenvalue weighted by atomic mass is 35.5. The molecule has 1 aromatic rings. The van der Waals surface area contributed by atoms with Gasteiger partial charge in [0.1, 0.15) is 5.69 Å². The van der Waals surface area contributed by atoms with Crippen LogP contribution in [0.3, 0.4) is 0 Å². The van der Waals surface area contributed by atoms with Crippen LogP contribution < -0.4 is 0 Å². The number of carbonyl (C=O) groups excluding carboxylic acids is 2. The molecule has 0 N–H and O–H groups in total. The molecule has 0 saturated carbocycles. The largest absolute Gasteiger partial charge is 0.464 e. The van der Waals surface area contributed by atoms with Gasteiger partial charge in [-0.2, -0.15) is 5.10 Å². The normalized spacial score (nSPS) is 10.6. The molecule has 0 aliphatic rings. The lowest BCUT2D eigenvalue weighted by Crippen LogP contribution is -2.12. The fourth-order valence-electron chi connectivity index (χ4n) is 1.26. The topological polar surface area (TPSA) is 61.2 Å². The monoisotopic (exact) mass is 244 g/mol. The predicted octanol–water partition coefficient (Wildman–Crippen LogP) is 1.70. The summed E-state index contributed by atoms with van der Waals surface area (Å²) in [7, 11) is 1.26. The zero-order chi connectivity index (χ0) is 12.3. The summed E-state index contributed by atoms with van der Waals surface area (Å²) in [5.74, 6) is -0.290. The van der Waals surface area contributed by atoms with Crippen LogP contribution in [0.2, 0.25) is 0 Å². The number of rotatable bonds is 4. The molecule has 88 valence electrons. The van der Waals surface area contributed by atoms with Gasteiger partial charge in [0.2, 0.25) is 0 Å². The van der Waals surface area contributed by atoms with Gasteiger partial charge in [-0.3, -0.25) is 9.48 Å². The minimum Gasteiger partial charge on any atom is -0.464 e. The van der Waals surface area contributed by atoms with Gasteiger partial charge in [0.05, 0.1) is 7.11 Å². The highest BCUT2D eigenvalue weighted by molar-refractivity contribution is 6.67. The van der Waals surface area contributed by atoms with Crippen LogP contribution in [0.15, 0.2) is 6.07 Å². The standard InChI is InChI=1S/C10H13ClN2O3/c1-6(2)5-13-8(9(11)14)4-7(12-13)10(15)16-3/h4,6H,5H2,1-3H3. The van der Waals surface area contributed by atoms with Crippen LogP contribution in [0.25, 0.3) is 0 Å². The molecular formula is C10H13ClN2O3. The number of halogens is 1. The number of carbonyl (C=O) groups is 2. The third-order valence-electron chi connectivity index (χ3n) is 1.91. The van der Waals surface area contributed by atoms with Crippen molar-refractivity contribution < 1.29 is 14.3 Å². The first-order chi connectivity index (χ1) is 7.45. The average molecular weight is 245 g/mol. The highest BCUT2D eigenvalue weighted by Gasteiger charge is 2.18. The Balaban J connectivity index is 3.09. The highest BCUT2D eigenvalue weighted by Crippen LogP contribution is 2.11. The van der Waals surface area contributed by atoms with Crippen LogP contribution in [-0.4, -0.2) is 28.1 Å². The molecule has 0 aromatic carbocycles. The van der Waals surface area contributed by atoms with Gasteiger partial charge < -0.3 is 4.74 Å². The molecule has 0 spiro atoms. The Hall–Kier alpha value is -1.36. The van der Waals surface area contributed by atoms with Crippen LogP contribution in [0.4, 0.5) is 0 Å². The van der Waals surface area contributed by atoms with E-state index in [-0.39, 0.29) is 11.4 Å². The molecule has 0 amide bonds. The van der Waals surface area contributed by atoms with E-state index in [0.717, 1.165) is 0 Å². The summed E-state index contributed by atoms with van der Waals surface area (Å²) in [6.45, 7) is 4.47. The minimum atomic E-state index is -0.636. The molecule has 0 aliphatic heterocycles. The Bertz CT molecular complexity index is 412. The Morgan fingerprint density at radius 3 is 2.62 bits per heavy atom. The van der Waals surface area contributed by atoms with Gasteiger partial charge >= 0.3 is 5.97 Å². The Kier molecular flexibility index (Phi) is 4.06. The van der Waals surface area contributed by atoms with E-state index in [1.54, 1.807) is 0 Å². The fourth-order valence-corrected chi connectivity index (χ4v) is 1.42. The van der Waals surface area contributed by atoms with E-state index in [1.807, 2.05) is 13.8 Å². The van der Waals surface area contributed by atoms with Crippen molar-refractivity contribution >= 4 is 22.8 Å².